The monoisotopic (exact) mass is 750 g/mol. The van der Waals surface area contributed by atoms with E-state index < -0.39 is 68.7 Å². The van der Waals surface area contributed by atoms with Gasteiger partial charge in [-0.05, 0) is 85.3 Å². The normalized spacial score (nSPS) is 29.8. The molecule has 0 aromatic heterocycles. The van der Waals surface area contributed by atoms with Gasteiger partial charge in [0, 0.05) is 17.8 Å². The summed E-state index contributed by atoms with van der Waals surface area (Å²) >= 11 is 0. The predicted molar refractivity (Wildman–Crippen MR) is 170 cm³/mol. The van der Waals surface area contributed by atoms with E-state index in [0.717, 1.165) is 28.9 Å². The average molecular weight is 751 g/mol. The Hall–Kier alpha value is -1.08. The van der Waals surface area contributed by atoms with Gasteiger partial charge in [0.2, 0.25) is 0 Å². The van der Waals surface area contributed by atoms with E-state index in [1.165, 1.54) is 25.1 Å². The molecule has 258 valence electrons. The zero-order chi connectivity index (χ0) is 30.4. The lowest BCUT2D eigenvalue weighted by molar-refractivity contribution is -0.362. The van der Waals surface area contributed by atoms with Crippen molar-refractivity contribution < 1.29 is 57.6 Å². The van der Waals surface area contributed by atoms with Crippen LogP contribution < -0.4 is 4.18 Å². The largest absolute Gasteiger partial charge is 0.534 e. The maximum absolute atomic E-state index is 15.0. The Morgan fingerprint density at radius 2 is 1.47 bits per heavy atom. The third kappa shape index (κ3) is 6.53. The lowest BCUT2D eigenvalue weighted by atomic mass is 9.50. The number of hydrogen-bond donors (Lipinski definition) is 1. The Bertz CT molecular complexity index is 1440. The summed E-state index contributed by atoms with van der Waals surface area (Å²) in [5.41, 5.74) is -8.37. The quantitative estimate of drug-likeness (QED) is 0.200. The SMILES string of the molecule is C[C@]12C[C@H](c3ccc(OS(=O)(=O)C(F)(F)F)cc3)C3=C4CCC(=O)C=C4CC[C@H]3[C@@H]1CC[C@@]2(O)C(F)(F)C(F)(F)F.S.S.S.S. The van der Waals surface area contributed by atoms with E-state index in [1.54, 1.807) is 0 Å². The molecule has 1 aromatic carbocycles. The van der Waals surface area contributed by atoms with Gasteiger partial charge in [0.1, 0.15) is 11.4 Å². The van der Waals surface area contributed by atoms with Crippen molar-refractivity contribution in [3.63, 3.8) is 0 Å². The first-order chi connectivity index (χ1) is 18.7. The van der Waals surface area contributed by atoms with Crippen LogP contribution in [0.2, 0.25) is 0 Å². The molecular weight excluding hydrogens is 717 g/mol. The molecule has 5 nitrogen and oxygen atoms in total. The molecule has 0 heterocycles. The smallest absolute Gasteiger partial charge is 0.383 e. The number of hydrogen-bond acceptors (Lipinski definition) is 5. The number of alkyl halides is 8. The van der Waals surface area contributed by atoms with Crippen LogP contribution in [0.15, 0.2) is 47.1 Å². The van der Waals surface area contributed by atoms with Crippen LogP contribution in [-0.2, 0) is 14.9 Å². The number of benzene rings is 1. The Morgan fingerprint density at radius 3 is 2.00 bits per heavy atom. The number of carbonyl (C=O) groups is 1. The molecule has 0 saturated heterocycles. The summed E-state index contributed by atoms with van der Waals surface area (Å²) in [6.07, 6.45) is -4.41. The second kappa shape index (κ2) is 13.4. The van der Waals surface area contributed by atoms with Crippen molar-refractivity contribution >= 4 is 69.9 Å². The standard InChI is InChI=1S/C27H26F8O5S.4H2S/c1-23-13-20(14-2-6-17(7-3-14)40-41(38,39)27(33,34)35)22-18-9-5-16(36)12-15(18)4-8-19(22)21(23)10-11-24(23,37)25(28,29)26(30,31)32;;;;/h2-3,6-7,12,19-21,37H,4-5,8-11,13H2,1H3;4*1H2/t19-,20+,21-,23-,24-;;;;/m0..../s1. The van der Waals surface area contributed by atoms with E-state index >= 15 is 8.78 Å². The molecule has 45 heavy (non-hydrogen) atoms. The van der Waals surface area contributed by atoms with Crippen molar-refractivity contribution in [1.82, 2.24) is 0 Å². The summed E-state index contributed by atoms with van der Waals surface area (Å²) in [7, 11) is -5.97. The van der Waals surface area contributed by atoms with Gasteiger partial charge in [-0.25, -0.2) is 0 Å². The fourth-order valence-electron chi connectivity index (χ4n) is 7.64. The van der Waals surface area contributed by atoms with Gasteiger partial charge in [0.15, 0.2) is 5.78 Å². The zero-order valence-electron chi connectivity index (χ0n) is 23.6. The first kappa shape index (κ1) is 41.9. The number of fused-ring (bicyclic) bond motifs is 4. The van der Waals surface area contributed by atoms with E-state index in [9.17, 15) is 44.7 Å². The van der Waals surface area contributed by atoms with Crippen LogP contribution in [-0.4, -0.2) is 42.5 Å². The van der Waals surface area contributed by atoms with Gasteiger partial charge in [0.25, 0.3) is 0 Å². The third-order valence-corrected chi connectivity index (χ3v) is 10.5. The molecular formula is C27H34F8O5S5. The molecule has 0 aliphatic heterocycles. The molecule has 0 bridgehead atoms. The number of halogens is 8. The highest BCUT2D eigenvalue weighted by molar-refractivity contribution is 7.88. The summed E-state index contributed by atoms with van der Waals surface area (Å²) in [4.78, 5) is 12.1. The molecule has 0 spiro atoms. The minimum absolute atomic E-state index is 0. The van der Waals surface area contributed by atoms with Crippen molar-refractivity contribution in [3.05, 3.63) is 52.6 Å². The molecule has 0 unspecified atom stereocenters. The molecule has 2 saturated carbocycles. The van der Waals surface area contributed by atoms with Crippen LogP contribution in [0.25, 0.3) is 0 Å². The molecule has 1 N–H and O–H groups in total. The third-order valence-electron chi connectivity index (χ3n) is 9.53. The summed E-state index contributed by atoms with van der Waals surface area (Å²) in [5, 5.41) is 11.2. The highest BCUT2D eigenvalue weighted by Gasteiger charge is 2.79. The van der Waals surface area contributed by atoms with Crippen LogP contribution in [0.1, 0.15) is 63.4 Å². The van der Waals surface area contributed by atoms with Crippen LogP contribution in [0.3, 0.4) is 0 Å². The van der Waals surface area contributed by atoms with Crippen molar-refractivity contribution in [2.45, 2.75) is 81.0 Å². The molecule has 1 aromatic rings. The number of ketones is 1. The van der Waals surface area contributed by atoms with Crippen molar-refractivity contribution in [2.75, 3.05) is 0 Å². The fourth-order valence-corrected chi connectivity index (χ4v) is 8.10. The van der Waals surface area contributed by atoms with Crippen molar-refractivity contribution in [3.8, 4) is 5.75 Å². The van der Waals surface area contributed by atoms with Crippen LogP contribution in [0.5, 0.6) is 5.75 Å². The van der Waals surface area contributed by atoms with Gasteiger partial charge in [0.05, 0.1) is 0 Å². The molecule has 18 heteroatoms. The van der Waals surface area contributed by atoms with E-state index in [4.69, 9.17) is 0 Å². The number of rotatable bonds is 4. The first-order valence-corrected chi connectivity index (χ1v) is 14.4. The lowest BCUT2D eigenvalue weighted by Crippen LogP contribution is -2.65. The molecule has 0 amide bonds. The summed E-state index contributed by atoms with van der Waals surface area (Å²) in [5.74, 6) is -8.23. The van der Waals surface area contributed by atoms with Gasteiger partial charge >= 0.3 is 27.7 Å². The minimum atomic E-state index is -6.01. The van der Waals surface area contributed by atoms with E-state index in [-0.39, 0.29) is 79.0 Å². The number of aliphatic hydroxyl groups is 1. The Labute approximate surface area is 283 Å². The van der Waals surface area contributed by atoms with E-state index in [1.807, 2.05) is 0 Å². The van der Waals surface area contributed by atoms with E-state index in [2.05, 4.69) is 4.18 Å². The van der Waals surface area contributed by atoms with Gasteiger partial charge in [-0.2, -0.15) is 97.5 Å². The van der Waals surface area contributed by atoms with Crippen LogP contribution in [0, 0.1) is 17.3 Å². The lowest BCUT2D eigenvalue weighted by Gasteiger charge is -2.56. The highest BCUT2D eigenvalue weighted by Crippen LogP contribution is 2.70. The van der Waals surface area contributed by atoms with Gasteiger partial charge in [-0.3, -0.25) is 4.79 Å². The second-order valence-electron chi connectivity index (χ2n) is 11.5. The predicted octanol–water partition coefficient (Wildman–Crippen LogP) is 7.19. The minimum Gasteiger partial charge on any atom is -0.383 e. The van der Waals surface area contributed by atoms with E-state index in [0.29, 0.717) is 24.8 Å². The summed E-state index contributed by atoms with van der Waals surface area (Å²) < 4.78 is 136. The Kier molecular flexibility index (Phi) is 12.5. The topological polar surface area (TPSA) is 80.7 Å². The molecule has 0 radical (unpaired) electrons. The van der Waals surface area contributed by atoms with Crippen molar-refractivity contribution in [2.24, 2.45) is 17.3 Å². The Morgan fingerprint density at radius 1 is 0.889 bits per heavy atom. The van der Waals surface area contributed by atoms with Gasteiger partial charge in [-0.1, -0.05) is 24.6 Å². The number of carbonyl (C=O) groups excluding carboxylic acids is 1. The second-order valence-corrected chi connectivity index (χ2v) is 13.1. The van der Waals surface area contributed by atoms with Crippen LogP contribution >= 0.6 is 54.0 Å². The first-order valence-electron chi connectivity index (χ1n) is 13.0. The van der Waals surface area contributed by atoms with Crippen LogP contribution in [0.4, 0.5) is 35.1 Å². The van der Waals surface area contributed by atoms with Gasteiger partial charge in [-0.15, -0.1) is 0 Å². The molecule has 5 rings (SSSR count). The maximum Gasteiger partial charge on any atom is 0.534 e. The fraction of sp³-hybridized carbons (Fsp3) is 0.593. The summed E-state index contributed by atoms with van der Waals surface area (Å²) in [6, 6.07) is 4.37. The Balaban J connectivity index is 0.00000253. The number of allylic oxidation sites excluding steroid dienone is 4. The highest BCUT2D eigenvalue weighted by atomic mass is 32.2. The maximum atomic E-state index is 15.0. The molecule has 4 aliphatic carbocycles. The summed E-state index contributed by atoms with van der Waals surface area (Å²) in [6.45, 7) is 1.24. The zero-order valence-corrected chi connectivity index (χ0v) is 28.4. The molecule has 2 fully saturated rings. The van der Waals surface area contributed by atoms with Crippen molar-refractivity contribution in [1.29, 1.82) is 0 Å². The molecule has 4 aliphatic rings. The molecule has 5 atom stereocenters. The van der Waals surface area contributed by atoms with Gasteiger partial charge < -0.3 is 9.29 Å². The average Bonchev–Trinajstić information content (AvgIpc) is 3.14.